The highest BCUT2D eigenvalue weighted by molar-refractivity contribution is 6.48. The summed E-state index contributed by atoms with van der Waals surface area (Å²) in [6.07, 6.45) is -0.846. The summed E-state index contributed by atoms with van der Waals surface area (Å²) in [5.41, 5.74) is 4.88. The van der Waals surface area contributed by atoms with Gasteiger partial charge in [-0.15, -0.1) is 0 Å². The quantitative estimate of drug-likeness (QED) is 0.405. The van der Waals surface area contributed by atoms with Gasteiger partial charge >= 0.3 is 12.1 Å². The van der Waals surface area contributed by atoms with E-state index in [0.29, 0.717) is 5.56 Å². The number of carbonyl (C=O) groups excluding carboxylic acids is 1. The second kappa shape index (κ2) is 9.41. The van der Waals surface area contributed by atoms with Crippen molar-refractivity contribution in [3.05, 3.63) is 92.4 Å². The molecule has 2 N–H and O–H groups in total. The van der Waals surface area contributed by atoms with E-state index in [1.165, 1.54) is 12.1 Å². The predicted octanol–water partition coefficient (Wildman–Crippen LogP) is 6.18. The van der Waals surface area contributed by atoms with E-state index < -0.39 is 18.1 Å². The lowest BCUT2D eigenvalue weighted by Gasteiger charge is -2.18. The van der Waals surface area contributed by atoms with Crippen LogP contribution >= 0.6 is 34.8 Å². The SMILES string of the molecule is O=C(N[C@@H](Cc1cc(Cl)c(Cl)c(Cl)c1)C(=O)O)OCC1c2ccccc2-c2ccccc21. The monoisotopic (exact) mass is 489 g/mol. The Morgan fingerprint density at radius 3 is 2.00 bits per heavy atom. The predicted molar refractivity (Wildman–Crippen MR) is 125 cm³/mol. The second-order valence-electron chi connectivity index (χ2n) is 7.44. The number of carboxylic acid groups (broad SMARTS) is 1. The van der Waals surface area contributed by atoms with E-state index in [2.05, 4.69) is 5.32 Å². The molecule has 164 valence electrons. The van der Waals surface area contributed by atoms with Crippen molar-refractivity contribution in [2.24, 2.45) is 0 Å². The van der Waals surface area contributed by atoms with Crippen LogP contribution in [0.2, 0.25) is 15.1 Å². The fraction of sp³-hybridized carbons (Fsp3) is 0.167. The summed E-state index contributed by atoms with van der Waals surface area (Å²) in [5, 5.41) is 12.6. The largest absolute Gasteiger partial charge is 0.480 e. The molecular formula is C24H18Cl3NO4. The smallest absolute Gasteiger partial charge is 0.407 e. The van der Waals surface area contributed by atoms with Crippen LogP contribution in [0.25, 0.3) is 11.1 Å². The van der Waals surface area contributed by atoms with Crippen LogP contribution in [-0.2, 0) is 16.0 Å². The molecule has 0 aromatic heterocycles. The maximum Gasteiger partial charge on any atom is 0.407 e. The van der Waals surface area contributed by atoms with Crippen LogP contribution in [0, 0.1) is 0 Å². The Morgan fingerprint density at radius 1 is 0.938 bits per heavy atom. The lowest BCUT2D eigenvalue weighted by Crippen LogP contribution is -2.42. The summed E-state index contributed by atoms with van der Waals surface area (Å²) < 4.78 is 5.44. The van der Waals surface area contributed by atoms with Gasteiger partial charge in [-0.05, 0) is 39.9 Å². The summed E-state index contributed by atoms with van der Waals surface area (Å²) >= 11 is 18.0. The third-order valence-corrected chi connectivity index (χ3v) is 6.61. The number of nitrogens with one attached hydrogen (secondary N) is 1. The van der Waals surface area contributed by atoms with Gasteiger partial charge in [-0.2, -0.15) is 0 Å². The van der Waals surface area contributed by atoms with Crippen LogP contribution in [0.4, 0.5) is 4.79 Å². The molecule has 0 saturated carbocycles. The molecule has 0 saturated heterocycles. The average molecular weight is 491 g/mol. The molecule has 0 radical (unpaired) electrons. The minimum Gasteiger partial charge on any atom is -0.480 e. The van der Waals surface area contributed by atoms with Crippen LogP contribution in [0.15, 0.2) is 60.7 Å². The van der Waals surface area contributed by atoms with E-state index in [4.69, 9.17) is 39.5 Å². The summed E-state index contributed by atoms with van der Waals surface area (Å²) in [6.45, 7) is 0.0881. The number of hydrogen-bond donors (Lipinski definition) is 2. The highest BCUT2D eigenvalue weighted by Crippen LogP contribution is 2.44. The Kier molecular flexibility index (Phi) is 6.60. The van der Waals surface area contributed by atoms with Crippen molar-refractivity contribution in [3.63, 3.8) is 0 Å². The van der Waals surface area contributed by atoms with Crippen molar-refractivity contribution in [2.75, 3.05) is 6.61 Å². The lowest BCUT2D eigenvalue weighted by atomic mass is 9.98. The van der Waals surface area contributed by atoms with E-state index in [9.17, 15) is 14.7 Å². The summed E-state index contributed by atoms with van der Waals surface area (Å²) in [6, 6.07) is 17.7. The number of fused-ring (bicyclic) bond motifs is 3. The zero-order valence-corrected chi connectivity index (χ0v) is 18.9. The van der Waals surface area contributed by atoms with Gasteiger partial charge in [0.05, 0.1) is 15.1 Å². The molecular weight excluding hydrogens is 473 g/mol. The van der Waals surface area contributed by atoms with Gasteiger partial charge < -0.3 is 15.2 Å². The number of ether oxygens (including phenoxy) is 1. The molecule has 4 rings (SSSR count). The number of hydrogen-bond acceptors (Lipinski definition) is 3. The first kappa shape index (κ1) is 22.5. The Hall–Kier alpha value is -2.73. The zero-order valence-electron chi connectivity index (χ0n) is 16.6. The van der Waals surface area contributed by atoms with Crippen molar-refractivity contribution < 1.29 is 19.4 Å². The number of benzene rings is 3. The number of carboxylic acids is 1. The normalized spacial score (nSPS) is 13.2. The van der Waals surface area contributed by atoms with Crippen molar-refractivity contribution in [2.45, 2.75) is 18.4 Å². The van der Waals surface area contributed by atoms with E-state index >= 15 is 0 Å². The molecule has 0 heterocycles. The van der Waals surface area contributed by atoms with Gasteiger partial charge in [0.2, 0.25) is 0 Å². The number of rotatable bonds is 6. The fourth-order valence-electron chi connectivity index (χ4n) is 3.94. The molecule has 1 atom stereocenters. The van der Waals surface area contributed by atoms with Gasteiger partial charge in [-0.3, -0.25) is 0 Å². The highest BCUT2D eigenvalue weighted by Gasteiger charge is 2.30. The number of halogens is 3. The van der Waals surface area contributed by atoms with Crippen LogP contribution in [0.3, 0.4) is 0 Å². The first-order valence-electron chi connectivity index (χ1n) is 9.83. The lowest BCUT2D eigenvalue weighted by molar-refractivity contribution is -0.139. The molecule has 1 amide bonds. The molecule has 3 aromatic carbocycles. The molecule has 0 unspecified atom stereocenters. The number of alkyl carbamates (subject to hydrolysis) is 1. The molecule has 0 bridgehead atoms. The summed E-state index contributed by atoms with van der Waals surface area (Å²) in [4.78, 5) is 24.1. The molecule has 1 aliphatic carbocycles. The van der Waals surface area contributed by atoms with Gasteiger partial charge in [0.15, 0.2) is 0 Å². The highest BCUT2D eigenvalue weighted by atomic mass is 35.5. The minimum atomic E-state index is -1.22. The summed E-state index contributed by atoms with van der Waals surface area (Å²) in [5.74, 6) is -1.33. The molecule has 5 nitrogen and oxygen atoms in total. The van der Waals surface area contributed by atoms with Crippen molar-refractivity contribution in [1.29, 1.82) is 0 Å². The van der Waals surface area contributed by atoms with Gasteiger partial charge in [-0.1, -0.05) is 83.3 Å². The number of aliphatic carboxylic acids is 1. The van der Waals surface area contributed by atoms with E-state index in [0.717, 1.165) is 22.3 Å². The maximum atomic E-state index is 12.4. The molecule has 0 spiro atoms. The Bertz CT molecular complexity index is 1130. The second-order valence-corrected chi connectivity index (χ2v) is 8.63. The van der Waals surface area contributed by atoms with Crippen LogP contribution in [0.1, 0.15) is 22.6 Å². The van der Waals surface area contributed by atoms with E-state index in [-0.39, 0.29) is 34.0 Å². The first-order valence-corrected chi connectivity index (χ1v) is 11.0. The van der Waals surface area contributed by atoms with Crippen LogP contribution < -0.4 is 5.32 Å². The molecule has 8 heteroatoms. The number of carbonyl (C=O) groups is 2. The third-order valence-electron chi connectivity index (χ3n) is 5.42. The maximum absolute atomic E-state index is 12.4. The standard InChI is InChI=1S/C24H18Cl3NO4/c25-19-9-13(10-20(26)22(19)27)11-21(23(29)30)28-24(31)32-12-18-16-7-3-1-5-14(16)15-6-2-4-8-17(15)18/h1-10,18,21H,11-12H2,(H,28,31)(H,29,30)/t21-/m0/s1. The van der Waals surface area contributed by atoms with Crippen LogP contribution in [0.5, 0.6) is 0 Å². The van der Waals surface area contributed by atoms with Gasteiger partial charge in [-0.25, -0.2) is 9.59 Å². The molecule has 1 aliphatic rings. The molecule has 0 aliphatic heterocycles. The van der Waals surface area contributed by atoms with Gasteiger partial charge in [0.1, 0.15) is 12.6 Å². The Morgan fingerprint density at radius 2 is 1.47 bits per heavy atom. The van der Waals surface area contributed by atoms with Crippen molar-refractivity contribution in [1.82, 2.24) is 5.32 Å². The Balaban J connectivity index is 1.44. The van der Waals surface area contributed by atoms with Gasteiger partial charge in [0, 0.05) is 12.3 Å². The molecule has 0 fully saturated rings. The Labute approximate surface area is 199 Å². The van der Waals surface area contributed by atoms with Gasteiger partial charge in [0.25, 0.3) is 0 Å². The fourth-order valence-corrected chi connectivity index (χ4v) is 4.59. The van der Waals surface area contributed by atoms with Crippen LogP contribution in [-0.4, -0.2) is 29.8 Å². The summed E-state index contributed by atoms with van der Waals surface area (Å²) in [7, 11) is 0. The number of amides is 1. The first-order chi connectivity index (χ1) is 15.3. The van der Waals surface area contributed by atoms with Crippen molar-refractivity contribution in [3.8, 4) is 11.1 Å². The van der Waals surface area contributed by atoms with E-state index in [1.54, 1.807) is 0 Å². The van der Waals surface area contributed by atoms with Crippen molar-refractivity contribution >= 4 is 46.9 Å². The minimum absolute atomic E-state index is 0.0316. The molecule has 32 heavy (non-hydrogen) atoms. The topological polar surface area (TPSA) is 75.6 Å². The average Bonchev–Trinajstić information content (AvgIpc) is 3.09. The van der Waals surface area contributed by atoms with E-state index in [1.807, 2.05) is 48.5 Å². The zero-order chi connectivity index (χ0) is 22.8. The molecule has 3 aromatic rings. The third kappa shape index (κ3) is 4.56.